The van der Waals surface area contributed by atoms with Crippen LogP contribution in [0.5, 0.6) is 0 Å². The van der Waals surface area contributed by atoms with Crippen molar-refractivity contribution in [2.24, 2.45) is 0 Å². The van der Waals surface area contributed by atoms with Crippen LogP contribution in [0.1, 0.15) is 15.9 Å². The van der Waals surface area contributed by atoms with Gasteiger partial charge in [-0.15, -0.1) is 0 Å². The third-order valence-corrected chi connectivity index (χ3v) is 2.71. The van der Waals surface area contributed by atoms with Crippen LogP contribution < -0.4 is 0 Å². The minimum Gasteiger partial charge on any atom is -0.281 e. The summed E-state index contributed by atoms with van der Waals surface area (Å²) in [4.78, 5) is 24.1. The molecule has 0 saturated carbocycles. The van der Waals surface area contributed by atoms with Crippen molar-refractivity contribution in [2.75, 3.05) is 7.05 Å². The molecule has 1 aliphatic rings. The SMILES string of the molecule is CN1C(=O)Cc2c(Cl)cccc2C1=O. The molecule has 1 aromatic rings. The van der Waals surface area contributed by atoms with E-state index in [9.17, 15) is 9.59 Å². The van der Waals surface area contributed by atoms with Crippen molar-refractivity contribution in [2.45, 2.75) is 6.42 Å². The Hall–Kier alpha value is -1.35. The second-order valence-corrected chi connectivity index (χ2v) is 3.61. The van der Waals surface area contributed by atoms with Gasteiger partial charge in [0, 0.05) is 17.6 Å². The zero-order valence-electron chi connectivity index (χ0n) is 7.58. The molecular formula is C10H8ClNO2. The summed E-state index contributed by atoms with van der Waals surface area (Å²) in [5.41, 5.74) is 1.17. The van der Waals surface area contributed by atoms with E-state index in [0.29, 0.717) is 16.1 Å². The molecule has 0 spiro atoms. The summed E-state index contributed by atoms with van der Waals surface area (Å²) in [6.45, 7) is 0. The summed E-state index contributed by atoms with van der Waals surface area (Å²) in [6.07, 6.45) is 0.206. The van der Waals surface area contributed by atoms with E-state index in [1.807, 2.05) is 0 Å². The number of fused-ring (bicyclic) bond motifs is 1. The van der Waals surface area contributed by atoms with Crippen LogP contribution >= 0.6 is 11.6 Å². The molecule has 0 N–H and O–H groups in total. The Kier molecular flexibility index (Phi) is 2.04. The lowest BCUT2D eigenvalue weighted by atomic mass is 9.99. The van der Waals surface area contributed by atoms with Crippen molar-refractivity contribution in [1.82, 2.24) is 4.90 Å². The van der Waals surface area contributed by atoms with Gasteiger partial charge >= 0.3 is 0 Å². The predicted octanol–water partition coefficient (Wildman–Crippen LogP) is 1.49. The van der Waals surface area contributed by atoms with E-state index in [1.165, 1.54) is 7.05 Å². The van der Waals surface area contributed by atoms with Gasteiger partial charge in [0.1, 0.15) is 0 Å². The molecule has 0 aromatic heterocycles. The molecule has 0 aliphatic carbocycles. The smallest absolute Gasteiger partial charge is 0.260 e. The van der Waals surface area contributed by atoms with Gasteiger partial charge < -0.3 is 0 Å². The number of benzene rings is 1. The Morgan fingerprint density at radius 1 is 1.36 bits per heavy atom. The number of hydrogen-bond donors (Lipinski definition) is 0. The summed E-state index contributed by atoms with van der Waals surface area (Å²) in [7, 11) is 1.48. The molecule has 0 fully saturated rings. The minimum atomic E-state index is -0.279. The fraction of sp³-hybridized carbons (Fsp3) is 0.200. The van der Waals surface area contributed by atoms with Gasteiger partial charge in [-0.2, -0.15) is 0 Å². The number of hydrogen-bond acceptors (Lipinski definition) is 2. The highest BCUT2D eigenvalue weighted by Crippen LogP contribution is 2.25. The molecule has 0 unspecified atom stereocenters. The Labute approximate surface area is 86.3 Å². The lowest BCUT2D eigenvalue weighted by Gasteiger charge is -2.23. The van der Waals surface area contributed by atoms with Gasteiger partial charge in [-0.1, -0.05) is 17.7 Å². The monoisotopic (exact) mass is 209 g/mol. The first-order valence-corrected chi connectivity index (χ1v) is 4.57. The maximum Gasteiger partial charge on any atom is 0.260 e. The van der Waals surface area contributed by atoms with Gasteiger partial charge in [-0.3, -0.25) is 14.5 Å². The predicted molar refractivity (Wildman–Crippen MR) is 52.3 cm³/mol. The maximum absolute atomic E-state index is 11.6. The number of likely N-dealkylation sites (N-methyl/N-ethyl adjacent to an activating group) is 1. The van der Waals surface area contributed by atoms with E-state index in [0.717, 1.165) is 4.90 Å². The van der Waals surface area contributed by atoms with E-state index in [2.05, 4.69) is 0 Å². The maximum atomic E-state index is 11.6. The molecule has 72 valence electrons. The normalized spacial score (nSPS) is 15.7. The van der Waals surface area contributed by atoms with Gasteiger partial charge in [0.2, 0.25) is 5.91 Å². The van der Waals surface area contributed by atoms with E-state index in [4.69, 9.17) is 11.6 Å². The quantitative estimate of drug-likeness (QED) is 0.608. The molecular weight excluding hydrogens is 202 g/mol. The zero-order chi connectivity index (χ0) is 10.3. The molecule has 0 atom stereocenters. The molecule has 2 amide bonds. The van der Waals surface area contributed by atoms with Crippen molar-refractivity contribution in [1.29, 1.82) is 0 Å². The van der Waals surface area contributed by atoms with E-state index >= 15 is 0 Å². The molecule has 1 heterocycles. The summed E-state index contributed by atoms with van der Waals surface area (Å²) in [5.74, 6) is -0.491. The van der Waals surface area contributed by atoms with Crippen LogP contribution in [0.3, 0.4) is 0 Å². The Morgan fingerprint density at radius 2 is 2.07 bits per heavy atom. The van der Waals surface area contributed by atoms with E-state index in [-0.39, 0.29) is 18.2 Å². The number of carbonyl (C=O) groups is 2. The third-order valence-electron chi connectivity index (χ3n) is 2.36. The Balaban J connectivity index is 2.62. The van der Waals surface area contributed by atoms with Gasteiger partial charge in [0.05, 0.1) is 6.42 Å². The van der Waals surface area contributed by atoms with Crippen molar-refractivity contribution in [3.05, 3.63) is 34.3 Å². The summed E-state index contributed by atoms with van der Waals surface area (Å²) in [6, 6.07) is 5.08. The number of imide groups is 1. The Bertz CT molecular complexity index is 428. The van der Waals surface area contributed by atoms with Crippen molar-refractivity contribution in [3.8, 4) is 0 Å². The van der Waals surface area contributed by atoms with Crippen LogP contribution in [-0.2, 0) is 11.2 Å². The average Bonchev–Trinajstić information content (AvgIpc) is 2.17. The third kappa shape index (κ3) is 1.21. The fourth-order valence-corrected chi connectivity index (χ4v) is 1.74. The second-order valence-electron chi connectivity index (χ2n) is 3.20. The minimum absolute atomic E-state index is 0.206. The lowest BCUT2D eigenvalue weighted by Crippen LogP contribution is -2.39. The standard InChI is InChI=1S/C10H8ClNO2/c1-12-9(13)5-7-6(10(12)14)3-2-4-8(7)11/h2-4H,5H2,1H3. The topological polar surface area (TPSA) is 37.4 Å². The number of nitrogens with zero attached hydrogens (tertiary/aromatic N) is 1. The number of halogens is 1. The molecule has 0 radical (unpaired) electrons. The lowest BCUT2D eigenvalue weighted by molar-refractivity contribution is -0.127. The molecule has 0 bridgehead atoms. The Morgan fingerprint density at radius 3 is 2.79 bits per heavy atom. The molecule has 14 heavy (non-hydrogen) atoms. The van der Waals surface area contributed by atoms with E-state index < -0.39 is 0 Å². The van der Waals surface area contributed by atoms with Crippen LogP contribution in [0.2, 0.25) is 5.02 Å². The molecule has 0 saturated heterocycles. The molecule has 4 heteroatoms. The van der Waals surface area contributed by atoms with Crippen LogP contribution in [-0.4, -0.2) is 23.8 Å². The highest BCUT2D eigenvalue weighted by molar-refractivity contribution is 6.32. The highest BCUT2D eigenvalue weighted by Gasteiger charge is 2.28. The summed E-state index contributed by atoms with van der Waals surface area (Å²) >= 11 is 5.90. The second kappa shape index (κ2) is 3.10. The molecule has 1 aromatic carbocycles. The highest BCUT2D eigenvalue weighted by atomic mass is 35.5. The largest absolute Gasteiger partial charge is 0.281 e. The van der Waals surface area contributed by atoms with Gasteiger partial charge in [-0.05, 0) is 17.7 Å². The summed E-state index contributed by atoms with van der Waals surface area (Å²) in [5, 5.41) is 0.484. The van der Waals surface area contributed by atoms with Crippen LogP contribution in [0.25, 0.3) is 0 Å². The van der Waals surface area contributed by atoms with Gasteiger partial charge in [-0.25, -0.2) is 0 Å². The van der Waals surface area contributed by atoms with E-state index in [1.54, 1.807) is 18.2 Å². The van der Waals surface area contributed by atoms with Crippen LogP contribution in [0.4, 0.5) is 0 Å². The zero-order valence-corrected chi connectivity index (χ0v) is 8.34. The molecule has 3 nitrogen and oxygen atoms in total. The van der Waals surface area contributed by atoms with Crippen molar-refractivity contribution < 1.29 is 9.59 Å². The van der Waals surface area contributed by atoms with Crippen LogP contribution in [0.15, 0.2) is 18.2 Å². The summed E-state index contributed by atoms with van der Waals surface area (Å²) < 4.78 is 0. The fourth-order valence-electron chi connectivity index (χ4n) is 1.50. The first kappa shape index (κ1) is 9.21. The van der Waals surface area contributed by atoms with Crippen molar-refractivity contribution >= 4 is 23.4 Å². The first-order valence-electron chi connectivity index (χ1n) is 4.19. The average molecular weight is 210 g/mol. The van der Waals surface area contributed by atoms with Gasteiger partial charge in [0.25, 0.3) is 5.91 Å². The first-order chi connectivity index (χ1) is 6.61. The molecule has 1 aliphatic heterocycles. The molecule has 2 rings (SSSR count). The number of rotatable bonds is 0. The van der Waals surface area contributed by atoms with Gasteiger partial charge in [0.15, 0.2) is 0 Å². The number of amides is 2. The van der Waals surface area contributed by atoms with Crippen LogP contribution in [0, 0.1) is 0 Å². The number of carbonyl (C=O) groups excluding carboxylic acids is 2. The van der Waals surface area contributed by atoms with Crippen molar-refractivity contribution in [3.63, 3.8) is 0 Å².